The number of aliphatic hydroxyl groups is 1. The van der Waals surface area contributed by atoms with Crippen LogP contribution in [0.2, 0.25) is 0 Å². The molecule has 4 atom stereocenters. The lowest BCUT2D eigenvalue weighted by atomic mass is 9.60. The van der Waals surface area contributed by atoms with Gasteiger partial charge in [-0.1, -0.05) is 60.7 Å². The summed E-state index contributed by atoms with van der Waals surface area (Å²) in [7, 11) is 0. The molecule has 0 aromatic heterocycles. The van der Waals surface area contributed by atoms with Crippen LogP contribution in [0.15, 0.2) is 60.7 Å². The van der Waals surface area contributed by atoms with Crippen molar-refractivity contribution in [3.63, 3.8) is 0 Å². The number of rotatable bonds is 4. The highest BCUT2D eigenvalue weighted by Crippen LogP contribution is 2.50. The first-order chi connectivity index (χ1) is 13.0. The Morgan fingerprint density at radius 1 is 1.19 bits per heavy atom. The van der Waals surface area contributed by atoms with E-state index in [1.54, 1.807) is 61.5 Å². The predicted octanol–water partition coefficient (Wildman–Crippen LogP) is 2.95. The summed E-state index contributed by atoms with van der Waals surface area (Å²) < 4.78 is 5.12. The number of carbonyl (C=O) groups is 2. The zero-order valence-electron chi connectivity index (χ0n) is 15.0. The van der Waals surface area contributed by atoms with E-state index in [2.05, 4.69) is 6.07 Å². The van der Waals surface area contributed by atoms with Crippen LogP contribution >= 0.6 is 0 Å². The summed E-state index contributed by atoms with van der Waals surface area (Å²) in [6.07, 6.45) is -0.304. The molecular weight excluding hydrogens is 342 g/mol. The summed E-state index contributed by atoms with van der Waals surface area (Å²) in [5.74, 6) is -3.94. The molecule has 0 amide bonds. The highest BCUT2D eigenvalue weighted by Gasteiger charge is 2.56. The minimum Gasteiger partial charge on any atom is -0.465 e. The second-order valence-corrected chi connectivity index (χ2v) is 6.71. The number of benzene rings is 2. The lowest BCUT2D eigenvalue weighted by molar-refractivity contribution is -0.161. The summed E-state index contributed by atoms with van der Waals surface area (Å²) in [5, 5.41) is 21.4. The largest absolute Gasteiger partial charge is 0.465 e. The van der Waals surface area contributed by atoms with E-state index in [0.717, 1.165) is 0 Å². The maximum Gasteiger partial charge on any atom is 0.317 e. The van der Waals surface area contributed by atoms with E-state index < -0.39 is 35.1 Å². The lowest BCUT2D eigenvalue weighted by Crippen LogP contribution is -2.51. The molecule has 3 rings (SSSR count). The van der Waals surface area contributed by atoms with Crippen molar-refractivity contribution in [3.8, 4) is 6.07 Å². The van der Waals surface area contributed by atoms with Crippen molar-refractivity contribution in [2.45, 2.75) is 24.9 Å². The minimum absolute atomic E-state index is 0.143. The van der Waals surface area contributed by atoms with E-state index in [4.69, 9.17) is 4.74 Å². The number of carbonyl (C=O) groups excluding carboxylic acids is 2. The smallest absolute Gasteiger partial charge is 0.317 e. The molecule has 1 fully saturated rings. The van der Waals surface area contributed by atoms with Crippen molar-refractivity contribution < 1.29 is 19.4 Å². The lowest BCUT2D eigenvalue weighted by Gasteiger charge is -2.44. The predicted molar refractivity (Wildman–Crippen MR) is 98.4 cm³/mol. The molecule has 0 spiro atoms. The first-order valence-electron chi connectivity index (χ1n) is 8.94. The minimum atomic E-state index is -1.67. The van der Waals surface area contributed by atoms with Crippen molar-refractivity contribution in [2.75, 3.05) is 6.61 Å². The number of ether oxygens (including phenoxy) is 1. The van der Waals surface area contributed by atoms with Gasteiger partial charge in [-0.25, -0.2) is 0 Å². The molecular formula is C22H21NO4. The van der Waals surface area contributed by atoms with Crippen molar-refractivity contribution in [2.24, 2.45) is 11.8 Å². The molecule has 5 heteroatoms. The first-order valence-corrected chi connectivity index (χ1v) is 8.94. The third kappa shape index (κ3) is 3.36. The number of nitrogens with zero attached hydrogens (tertiary/aromatic N) is 1. The molecule has 1 aliphatic carbocycles. The average Bonchev–Trinajstić information content (AvgIpc) is 2.69. The summed E-state index contributed by atoms with van der Waals surface area (Å²) in [6, 6.07) is 19.8. The van der Waals surface area contributed by atoms with Gasteiger partial charge < -0.3 is 9.84 Å². The zero-order chi connectivity index (χ0) is 19.4. The van der Waals surface area contributed by atoms with Crippen LogP contribution in [0.5, 0.6) is 0 Å². The Kier molecular flexibility index (Phi) is 5.38. The Labute approximate surface area is 158 Å². The molecule has 0 heterocycles. The van der Waals surface area contributed by atoms with E-state index in [-0.39, 0.29) is 13.0 Å². The molecule has 138 valence electrons. The molecule has 0 unspecified atom stereocenters. The summed E-state index contributed by atoms with van der Waals surface area (Å²) in [5.41, 5.74) is -0.519. The van der Waals surface area contributed by atoms with Crippen molar-refractivity contribution in [1.82, 2.24) is 0 Å². The van der Waals surface area contributed by atoms with E-state index in [9.17, 15) is 20.0 Å². The topological polar surface area (TPSA) is 87.4 Å². The fourth-order valence-electron chi connectivity index (χ4n) is 3.94. The van der Waals surface area contributed by atoms with Crippen LogP contribution in [0, 0.1) is 23.2 Å². The Morgan fingerprint density at radius 3 is 2.33 bits per heavy atom. The quantitative estimate of drug-likeness (QED) is 0.666. The van der Waals surface area contributed by atoms with Gasteiger partial charge in [0.2, 0.25) is 0 Å². The molecule has 0 radical (unpaired) electrons. The van der Waals surface area contributed by atoms with Gasteiger partial charge in [0.1, 0.15) is 11.5 Å². The monoisotopic (exact) mass is 363 g/mol. The molecule has 0 saturated heterocycles. The maximum absolute atomic E-state index is 13.0. The number of nitriles is 1. The second kappa shape index (κ2) is 7.73. The van der Waals surface area contributed by atoms with Crippen LogP contribution in [0.1, 0.15) is 30.4 Å². The van der Waals surface area contributed by atoms with E-state index in [0.29, 0.717) is 11.1 Å². The molecule has 5 nitrogen and oxygen atoms in total. The molecule has 1 saturated carbocycles. The van der Waals surface area contributed by atoms with Gasteiger partial charge >= 0.3 is 5.97 Å². The molecule has 1 N–H and O–H groups in total. The molecule has 2 aromatic rings. The number of ketones is 1. The van der Waals surface area contributed by atoms with Crippen LogP contribution in [0.25, 0.3) is 0 Å². The fraction of sp³-hybridized carbons (Fsp3) is 0.318. The second-order valence-electron chi connectivity index (χ2n) is 6.71. The molecule has 2 aromatic carbocycles. The Morgan fingerprint density at radius 2 is 1.78 bits per heavy atom. The van der Waals surface area contributed by atoms with Crippen molar-refractivity contribution in [1.29, 1.82) is 5.26 Å². The summed E-state index contributed by atoms with van der Waals surface area (Å²) >= 11 is 0. The first kappa shape index (κ1) is 18.8. The summed E-state index contributed by atoms with van der Waals surface area (Å²) in [4.78, 5) is 25.5. The maximum atomic E-state index is 13.0. The Hall–Kier alpha value is -2.97. The average molecular weight is 363 g/mol. The SMILES string of the molecule is CCOC(=O)[C@@H]1C(=O)C[C@](O)(c2ccccc2)[C@H](C#N)[C@@H]1c1ccccc1. The molecule has 1 aliphatic rings. The molecule has 27 heavy (non-hydrogen) atoms. The van der Waals surface area contributed by atoms with Gasteiger partial charge in [0.15, 0.2) is 5.78 Å². The fourth-order valence-corrected chi connectivity index (χ4v) is 3.94. The van der Waals surface area contributed by atoms with Gasteiger partial charge in [-0.15, -0.1) is 0 Å². The zero-order valence-corrected chi connectivity index (χ0v) is 15.0. The standard InChI is InChI=1S/C22H21NO4/c1-2-27-21(25)20-18(24)13-22(26,16-11-7-4-8-12-16)17(14-23)19(20)15-9-5-3-6-10-15/h3-12,17,19-20,26H,2,13H2,1H3/t17-,19+,20-,22+/m1/s1. The van der Waals surface area contributed by atoms with E-state index in [1.165, 1.54) is 0 Å². The normalized spacial score (nSPS) is 27.6. The number of Topliss-reactive ketones (excluding diaryl/α,β-unsaturated/α-hetero) is 1. The van der Waals surface area contributed by atoms with E-state index in [1.807, 2.05) is 6.07 Å². The Bertz CT molecular complexity index is 859. The summed E-state index contributed by atoms with van der Waals surface area (Å²) in [6.45, 7) is 1.81. The Balaban J connectivity index is 2.15. The van der Waals surface area contributed by atoms with Gasteiger partial charge in [0.05, 0.1) is 18.6 Å². The highest BCUT2D eigenvalue weighted by molar-refractivity contribution is 6.01. The van der Waals surface area contributed by atoms with Crippen LogP contribution in [-0.4, -0.2) is 23.5 Å². The molecule has 0 aliphatic heterocycles. The van der Waals surface area contributed by atoms with Crippen LogP contribution < -0.4 is 0 Å². The third-order valence-electron chi connectivity index (χ3n) is 5.16. The number of hydrogen-bond donors (Lipinski definition) is 1. The molecule has 0 bridgehead atoms. The van der Waals surface area contributed by atoms with Gasteiger partial charge in [0, 0.05) is 12.3 Å². The van der Waals surface area contributed by atoms with Crippen LogP contribution in [-0.2, 0) is 19.9 Å². The van der Waals surface area contributed by atoms with Gasteiger partial charge in [-0.2, -0.15) is 5.26 Å². The number of esters is 1. The van der Waals surface area contributed by atoms with Crippen LogP contribution in [0.4, 0.5) is 0 Å². The van der Waals surface area contributed by atoms with Gasteiger partial charge in [0.25, 0.3) is 0 Å². The van der Waals surface area contributed by atoms with Crippen molar-refractivity contribution >= 4 is 11.8 Å². The van der Waals surface area contributed by atoms with Gasteiger partial charge in [-0.05, 0) is 18.1 Å². The third-order valence-corrected chi connectivity index (χ3v) is 5.16. The van der Waals surface area contributed by atoms with E-state index >= 15 is 0 Å². The van der Waals surface area contributed by atoms with Gasteiger partial charge in [-0.3, -0.25) is 9.59 Å². The number of hydrogen-bond acceptors (Lipinski definition) is 5. The van der Waals surface area contributed by atoms with Crippen molar-refractivity contribution in [3.05, 3.63) is 71.8 Å². The highest BCUT2D eigenvalue weighted by atomic mass is 16.5. The van der Waals surface area contributed by atoms with Crippen LogP contribution in [0.3, 0.4) is 0 Å².